The summed E-state index contributed by atoms with van der Waals surface area (Å²) in [7, 11) is 4.32. The second-order valence-corrected chi connectivity index (χ2v) is 13.1. The number of carbonyl (C=O) groups excluding carboxylic acids is 1. The normalized spacial score (nSPS) is 42.5. The zero-order valence-electron chi connectivity index (χ0n) is 22.1. The molecule has 35 heavy (non-hydrogen) atoms. The van der Waals surface area contributed by atoms with E-state index in [-0.39, 0.29) is 24.2 Å². The molecule has 0 bridgehead atoms. The number of hydrogen-bond acceptors (Lipinski definition) is 2. The molecular weight excluding hydrogens is 435 g/mol. The molecule has 0 aromatic heterocycles. The Labute approximate surface area is 211 Å². The number of fused-ring (bicyclic) bond motifs is 4. The van der Waals surface area contributed by atoms with Crippen LogP contribution in [0, 0.1) is 40.3 Å². The minimum atomic E-state index is -0.269. The van der Waals surface area contributed by atoms with Gasteiger partial charge in [0.25, 0.3) is 0 Å². The van der Waals surface area contributed by atoms with Crippen LogP contribution in [0.3, 0.4) is 0 Å². The van der Waals surface area contributed by atoms with Crippen LogP contribution in [-0.2, 0) is 11.2 Å². The van der Waals surface area contributed by atoms with E-state index in [1.165, 1.54) is 57.2 Å². The van der Waals surface area contributed by atoms with Gasteiger partial charge in [0.1, 0.15) is 5.82 Å². The fourth-order valence-corrected chi connectivity index (χ4v) is 9.92. The SMILES string of the molecule is CC1C2CCC3C4CC=C5CC(N(C)C(=O)Cc6cccc(F)c6)CCC5(C)C4CCC32CN1C. The molecule has 8 atom stereocenters. The second kappa shape index (κ2) is 8.43. The first-order valence-electron chi connectivity index (χ1n) is 14.1. The molecule has 4 fully saturated rings. The summed E-state index contributed by atoms with van der Waals surface area (Å²) in [4.78, 5) is 17.7. The van der Waals surface area contributed by atoms with Crippen LogP contribution in [0.4, 0.5) is 4.39 Å². The average Bonchev–Trinajstić information content (AvgIpc) is 3.31. The summed E-state index contributed by atoms with van der Waals surface area (Å²) in [6.45, 7) is 6.36. The third-order valence-electron chi connectivity index (χ3n) is 11.9. The van der Waals surface area contributed by atoms with Crippen molar-refractivity contribution in [3.63, 3.8) is 0 Å². The van der Waals surface area contributed by atoms with E-state index in [0.29, 0.717) is 10.8 Å². The molecule has 1 aromatic rings. The summed E-state index contributed by atoms with van der Waals surface area (Å²) >= 11 is 0. The van der Waals surface area contributed by atoms with E-state index < -0.39 is 0 Å². The van der Waals surface area contributed by atoms with Gasteiger partial charge in [-0.25, -0.2) is 4.39 Å². The van der Waals surface area contributed by atoms with Crippen molar-refractivity contribution in [3.8, 4) is 0 Å². The van der Waals surface area contributed by atoms with Crippen LogP contribution in [0.2, 0.25) is 0 Å². The van der Waals surface area contributed by atoms with E-state index in [9.17, 15) is 9.18 Å². The third-order valence-corrected chi connectivity index (χ3v) is 11.9. The van der Waals surface area contributed by atoms with Gasteiger partial charge in [-0.05, 0) is 118 Å². The lowest BCUT2D eigenvalue weighted by Crippen LogP contribution is -2.53. The Bertz CT molecular complexity index is 1040. The molecule has 4 heteroatoms. The fraction of sp³-hybridized carbons (Fsp3) is 0.710. The number of nitrogens with zero attached hydrogens (tertiary/aromatic N) is 2. The molecule has 1 heterocycles. The Morgan fingerprint density at radius 2 is 1.94 bits per heavy atom. The molecule has 1 saturated heterocycles. The molecule has 0 radical (unpaired) electrons. The van der Waals surface area contributed by atoms with Gasteiger partial charge in [0.05, 0.1) is 6.42 Å². The molecule has 4 aliphatic carbocycles. The Kier molecular flexibility index (Phi) is 5.71. The summed E-state index contributed by atoms with van der Waals surface area (Å²) in [5.74, 6) is 3.31. The highest BCUT2D eigenvalue weighted by atomic mass is 19.1. The maximum Gasteiger partial charge on any atom is 0.226 e. The largest absolute Gasteiger partial charge is 0.342 e. The van der Waals surface area contributed by atoms with Crippen LogP contribution in [0.25, 0.3) is 0 Å². The summed E-state index contributed by atoms with van der Waals surface area (Å²) in [6.07, 6.45) is 13.2. The Balaban J connectivity index is 1.17. The Morgan fingerprint density at radius 1 is 1.14 bits per heavy atom. The highest BCUT2D eigenvalue weighted by Gasteiger charge is 2.64. The molecule has 6 rings (SSSR count). The van der Waals surface area contributed by atoms with Crippen LogP contribution in [-0.4, -0.2) is 48.4 Å². The van der Waals surface area contributed by atoms with Crippen molar-refractivity contribution >= 4 is 5.91 Å². The van der Waals surface area contributed by atoms with Gasteiger partial charge in [0, 0.05) is 25.7 Å². The van der Waals surface area contributed by atoms with Gasteiger partial charge in [-0.2, -0.15) is 0 Å². The number of carbonyl (C=O) groups is 1. The minimum absolute atomic E-state index is 0.106. The van der Waals surface area contributed by atoms with Gasteiger partial charge < -0.3 is 9.80 Å². The zero-order valence-corrected chi connectivity index (χ0v) is 22.1. The van der Waals surface area contributed by atoms with Crippen molar-refractivity contribution in [2.75, 3.05) is 20.6 Å². The van der Waals surface area contributed by atoms with E-state index in [1.54, 1.807) is 11.6 Å². The van der Waals surface area contributed by atoms with Gasteiger partial charge in [0.2, 0.25) is 5.91 Å². The lowest BCUT2D eigenvalue weighted by Gasteiger charge is -2.58. The first-order valence-corrected chi connectivity index (χ1v) is 14.1. The molecule has 3 nitrogen and oxygen atoms in total. The highest BCUT2D eigenvalue weighted by molar-refractivity contribution is 5.78. The van der Waals surface area contributed by atoms with Crippen molar-refractivity contribution in [2.24, 2.45) is 34.5 Å². The minimum Gasteiger partial charge on any atom is -0.342 e. The van der Waals surface area contributed by atoms with E-state index in [1.807, 2.05) is 18.0 Å². The molecule has 1 spiro atoms. The number of allylic oxidation sites excluding steroid dienone is 1. The van der Waals surface area contributed by atoms with Crippen molar-refractivity contribution in [3.05, 3.63) is 47.3 Å². The van der Waals surface area contributed by atoms with E-state index in [4.69, 9.17) is 0 Å². The van der Waals surface area contributed by atoms with Crippen LogP contribution in [0.1, 0.15) is 70.8 Å². The molecule has 1 amide bonds. The summed E-state index contributed by atoms with van der Waals surface area (Å²) in [5, 5.41) is 0. The number of likely N-dealkylation sites (N-methyl/N-ethyl adjacent to an activating group) is 1. The maximum absolute atomic E-state index is 13.6. The van der Waals surface area contributed by atoms with E-state index in [2.05, 4.69) is 31.9 Å². The standard InChI is InChI=1S/C31H43FN2O/c1-20-26-10-11-28-25-9-8-22-18-24(34(4)29(35)17-21-6-5-7-23(32)16-21)12-14-30(22,2)27(25)13-15-31(26,28)19-33(20)3/h5-8,16,20,24-28H,9-15,17-19H2,1-4H3. The van der Waals surface area contributed by atoms with Gasteiger partial charge in [-0.3, -0.25) is 4.79 Å². The van der Waals surface area contributed by atoms with Crippen LogP contribution >= 0.6 is 0 Å². The molecule has 8 unspecified atom stereocenters. The molecule has 5 aliphatic rings. The van der Waals surface area contributed by atoms with Crippen molar-refractivity contribution in [1.82, 2.24) is 9.80 Å². The molecular formula is C31H43FN2O. The Morgan fingerprint density at radius 3 is 2.74 bits per heavy atom. The number of halogens is 1. The third kappa shape index (κ3) is 3.56. The number of amides is 1. The van der Waals surface area contributed by atoms with Crippen LogP contribution in [0.5, 0.6) is 0 Å². The smallest absolute Gasteiger partial charge is 0.226 e. The zero-order chi connectivity index (χ0) is 24.5. The number of hydrogen-bond donors (Lipinski definition) is 0. The molecule has 0 N–H and O–H groups in total. The molecule has 1 aliphatic heterocycles. The van der Waals surface area contributed by atoms with Crippen molar-refractivity contribution in [1.29, 1.82) is 0 Å². The molecule has 190 valence electrons. The quantitative estimate of drug-likeness (QED) is 0.491. The van der Waals surface area contributed by atoms with Gasteiger partial charge in [0.15, 0.2) is 0 Å². The monoisotopic (exact) mass is 478 g/mol. The average molecular weight is 479 g/mol. The van der Waals surface area contributed by atoms with Crippen LogP contribution < -0.4 is 0 Å². The van der Waals surface area contributed by atoms with E-state index >= 15 is 0 Å². The summed E-state index contributed by atoms with van der Waals surface area (Å²) in [5.41, 5.74) is 3.28. The lowest BCUT2D eigenvalue weighted by molar-refractivity contribution is -0.132. The molecule has 1 aromatic carbocycles. The molecule has 3 saturated carbocycles. The first kappa shape index (κ1) is 23.7. The number of rotatable bonds is 3. The lowest BCUT2D eigenvalue weighted by atomic mass is 9.47. The first-order chi connectivity index (χ1) is 16.7. The van der Waals surface area contributed by atoms with Gasteiger partial charge >= 0.3 is 0 Å². The maximum atomic E-state index is 13.6. The highest BCUT2D eigenvalue weighted by Crippen LogP contribution is 2.68. The predicted molar refractivity (Wildman–Crippen MR) is 138 cm³/mol. The summed E-state index contributed by atoms with van der Waals surface area (Å²) in [6, 6.07) is 7.48. The summed E-state index contributed by atoms with van der Waals surface area (Å²) < 4.78 is 13.6. The van der Waals surface area contributed by atoms with E-state index in [0.717, 1.165) is 48.1 Å². The van der Waals surface area contributed by atoms with Crippen LogP contribution in [0.15, 0.2) is 35.9 Å². The number of benzene rings is 1. The fourth-order valence-electron chi connectivity index (χ4n) is 9.92. The van der Waals surface area contributed by atoms with Gasteiger partial charge in [-0.1, -0.05) is 30.7 Å². The second-order valence-electron chi connectivity index (χ2n) is 13.1. The van der Waals surface area contributed by atoms with Gasteiger partial charge in [-0.15, -0.1) is 0 Å². The number of likely N-dealkylation sites (tertiary alicyclic amines) is 1. The van der Waals surface area contributed by atoms with Crippen molar-refractivity contribution < 1.29 is 9.18 Å². The Hall–Kier alpha value is -1.68. The predicted octanol–water partition coefficient (Wildman–Crippen LogP) is 6.09. The topological polar surface area (TPSA) is 23.6 Å². The van der Waals surface area contributed by atoms with Crippen molar-refractivity contribution in [2.45, 2.75) is 83.7 Å².